The lowest BCUT2D eigenvalue weighted by molar-refractivity contribution is -0.132. The third kappa shape index (κ3) is 7.40. The number of halogens is 1. The summed E-state index contributed by atoms with van der Waals surface area (Å²) in [6, 6.07) is 21.1. The first-order chi connectivity index (χ1) is 18.4. The van der Waals surface area contributed by atoms with Gasteiger partial charge in [-0.2, -0.15) is 0 Å². The average Bonchev–Trinajstić information content (AvgIpc) is 2.96. The number of esters is 1. The molecule has 1 heterocycles. The minimum atomic E-state index is -0.373. The van der Waals surface area contributed by atoms with Crippen molar-refractivity contribution in [2.75, 3.05) is 46.9 Å². The molecule has 0 radical (unpaired) electrons. The number of amides is 1. The first kappa shape index (κ1) is 27.3. The van der Waals surface area contributed by atoms with Crippen molar-refractivity contribution in [3.8, 4) is 5.75 Å². The van der Waals surface area contributed by atoms with E-state index < -0.39 is 0 Å². The molecule has 1 amide bonds. The SMILES string of the molecule is COC(=O)c1ccc(CO[C@@H](CN2CCN(C(=O)Cc3ccc(F)cc3)CC2)c2cccc(OC)c2)cc1. The van der Waals surface area contributed by atoms with Crippen molar-refractivity contribution in [1.29, 1.82) is 0 Å². The van der Waals surface area contributed by atoms with Crippen molar-refractivity contribution < 1.29 is 28.2 Å². The molecule has 0 aliphatic carbocycles. The van der Waals surface area contributed by atoms with Gasteiger partial charge in [-0.25, -0.2) is 9.18 Å². The number of rotatable bonds is 10. The smallest absolute Gasteiger partial charge is 0.337 e. The Balaban J connectivity index is 1.37. The van der Waals surface area contributed by atoms with Gasteiger partial charge in [0.25, 0.3) is 0 Å². The molecule has 0 spiro atoms. The summed E-state index contributed by atoms with van der Waals surface area (Å²) in [5, 5.41) is 0. The van der Waals surface area contributed by atoms with Crippen LogP contribution in [0.1, 0.15) is 33.2 Å². The third-order valence-corrected chi connectivity index (χ3v) is 6.71. The van der Waals surface area contributed by atoms with Gasteiger partial charge < -0.3 is 19.1 Å². The fourth-order valence-electron chi connectivity index (χ4n) is 4.45. The van der Waals surface area contributed by atoms with Gasteiger partial charge in [0.2, 0.25) is 5.91 Å². The van der Waals surface area contributed by atoms with Crippen LogP contribution in [0.2, 0.25) is 0 Å². The van der Waals surface area contributed by atoms with Gasteiger partial charge in [0.15, 0.2) is 0 Å². The van der Waals surface area contributed by atoms with E-state index in [-0.39, 0.29) is 30.2 Å². The van der Waals surface area contributed by atoms with Crippen LogP contribution in [0.4, 0.5) is 4.39 Å². The van der Waals surface area contributed by atoms with Crippen LogP contribution in [0, 0.1) is 5.82 Å². The van der Waals surface area contributed by atoms with Gasteiger partial charge >= 0.3 is 5.97 Å². The summed E-state index contributed by atoms with van der Waals surface area (Å²) in [6.07, 6.45) is 0.0526. The van der Waals surface area contributed by atoms with Crippen molar-refractivity contribution in [3.05, 3.63) is 101 Å². The van der Waals surface area contributed by atoms with E-state index >= 15 is 0 Å². The summed E-state index contributed by atoms with van der Waals surface area (Å²) in [7, 11) is 3.00. The fraction of sp³-hybridized carbons (Fsp3) is 0.333. The highest BCUT2D eigenvalue weighted by Crippen LogP contribution is 2.25. The van der Waals surface area contributed by atoms with E-state index in [9.17, 15) is 14.0 Å². The summed E-state index contributed by atoms with van der Waals surface area (Å²) in [5.74, 6) is 0.129. The summed E-state index contributed by atoms with van der Waals surface area (Å²) in [6.45, 7) is 3.74. The number of carbonyl (C=O) groups is 2. The molecule has 3 aromatic rings. The van der Waals surface area contributed by atoms with Crippen LogP contribution in [0.3, 0.4) is 0 Å². The van der Waals surface area contributed by atoms with Crippen LogP contribution in [0.5, 0.6) is 5.75 Å². The van der Waals surface area contributed by atoms with E-state index in [0.29, 0.717) is 31.8 Å². The molecular formula is C30H33FN2O5. The molecule has 1 atom stereocenters. The lowest BCUT2D eigenvalue weighted by Gasteiger charge is -2.36. The Bertz CT molecular complexity index is 1210. The summed E-state index contributed by atoms with van der Waals surface area (Å²) >= 11 is 0. The highest BCUT2D eigenvalue weighted by atomic mass is 19.1. The zero-order valence-corrected chi connectivity index (χ0v) is 21.8. The van der Waals surface area contributed by atoms with Gasteiger partial charge in [-0.1, -0.05) is 36.4 Å². The quantitative estimate of drug-likeness (QED) is 0.372. The van der Waals surface area contributed by atoms with Gasteiger partial charge in [-0.15, -0.1) is 0 Å². The second-order valence-corrected chi connectivity index (χ2v) is 9.25. The number of carbonyl (C=O) groups excluding carboxylic acids is 2. The number of ether oxygens (including phenoxy) is 3. The van der Waals surface area contributed by atoms with Crippen LogP contribution in [-0.4, -0.2) is 68.6 Å². The number of methoxy groups -OCH3 is 2. The maximum Gasteiger partial charge on any atom is 0.337 e. The first-order valence-electron chi connectivity index (χ1n) is 12.6. The van der Waals surface area contributed by atoms with E-state index in [4.69, 9.17) is 14.2 Å². The van der Waals surface area contributed by atoms with Crippen molar-refractivity contribution >= 4 is 11.9 Å². The van der Waals surface area contributed by atoms with Gasteiger partial charge in [0.05, 0.1) is 38.9 Å². The number of hydrogen-bond acceptors (Lipinski definition) is 6. The first-order valence-corrected chi connectivity index (χ1v) is 12.6. The van der Waals surface area contributed by atoms with E-state index in [1.54, 1.807) is 31.4 Å². The van der Waals surface area contributed by atoms with E-state index in [1.165, 1.54) is 19.2 Å². The van der Waals surface area contributed by atoms with Crippen LogP contribution >= 0.6 is 0 Å². The Hall–Kier alpha value is -3.75. The van der Waals surface area contributed by atoms with E-state index in [2.05, 4.69) is 4.90 Å². The van der Waals surface area contributed by atoms with Gasteiger partial charge in [-0.05, 0) is 53.1 Å². The molecule has 0 N–H and O–H groups in total. The normalized spacial score (nSPS) is 14.7. The largest absolute Gasteiger partial charge is 0.497 e. The predicted molar refractivity (Wildman–Crippen MR) is 141 cm³/mol. The molecule has 0 saturated carbocycles. The van der Waals surface area contributed by atoms with Crippen molar-refractivity contribution in [1.82, 2.24) is 9.80 Å². The molecular weight excluding hydrogens is 487 g/mol. The van der Waals surface area contributed by atoms with Crippen LogP contribution in [0.15, 0.2) is 72.8 Å². The topological polar surface area (TPSA) is 68.3 Å². The Kier molecular flexibility index (Phi) is 9.46. The molecule has 1 saturated heterocycles. The summed E-state index contributed by atoms with van der Waals surface area (Å²) in [4.78, 5) is 28.6. The average molecular weight is 521 g/mol. The minimum absolute atomic E-state index is 0.0484. The van der Waals surface area contributed by atoms with Gasteiger partial charge in [0, 0.05) is 32.7 Å². The number of piperazine rings is 1. The molecule has 1 aliphatic heterocycles. The molecule has 3 aromatic carbocycles. The molecule has 1 aliphatic rings. The zero-order chi connectivity index (χ0) is 26.9. The molecule has 7 nitrogen and oxygen atoms in total. The number of hydrogen-bond donors (Lipinski definition) is 0. The maximum absolute atomic E-state index is 13.2. The highest BCUT2D eigenvalue weighted by Gasteiger charge is 2.24. The van der Waals surface area contributed by atoms with Crippen molar-refractivity contribution in [2.24, 2.45) is 0 Å². The van der Waals surface area contributed by atoms with Crippen LogP contribution < -0.4 is 4.74 Å². The second kappa shape index (κ2) is 13.2. The Morgan fingerprint density at radius 2 is 1.58 bits per heavy atom. The molecule has 200 valence electrons. The third-order valence-electron chi connectivity index (χ3n) is 6.71. The summed E-state index contributed by atoms with van der Waals surface area (Å²) < 4.78 is 29.7. The van der Waals surface area contributed by atoms with Crippen LogP contribution in [0.25, 0.3) is 0 Å². The molecule has 8 heteroatoms. The Labute approximate surface area is 222 Å². The monoisotopic (exact) mass is 520 g/mol. The van der Waals surface area contributed by atoms with Gasteiger partial charge in [-0.3, -0.25) is 9.69 Å². The number of nitrogens with zero attached hydrogens (tertiary/aromatic N) is 2. The Morgan fingerprint density at radius 3 is 2.24 bits per heavy atom. The van der Waals surface area contributed by atoms with Crippen molar-refractivity contribution in [3.63, 3.8) is 0 Å². The lowest BCUT2D eigenvalue weighted by Crippen LogP contribution is -2.50. The molecule has 0 unspecified atom stereocenters. The fourth-order valence-corrected chi connectivity index (χ4v) is 4.45. The molecule has 0 bridgehead atoms. The lowest BCUT2D eigenvalue weighted by atomic mass is 10.1. The zero-order valence-electron chi connectivity index (χ0n) is 21.8. The molecule has 38 heavy (non-hydrogen) atoms. The van der Waals surface area contributed by atoms with Crippen molar-refractivity contribution in [2.45, 2.75) is 19.1 Å². The van der Waals surface area contributed by atoms with E-state index in [0.717, 1.165) is 35.5 Å². The molecule has 1 fully saturated rings. The van der Waals surface area contributed by atoms with E-state index in [1.807, 2.05) is 41.3 Å². The minimum Gasteiger partial charge on any atom is -0.497 e. The number of benzene rings is 3. The second-order valence-electron chi connectivity index (χ2n) is 9.25. The maximum atomic E-state index is 13.2. The van der Waals surface area contributed by atoms with Crippen LogP contribution in [-0.2, 0) is 27.3 Å². The Morgan fingerprint density at radius 1 is 0.895 bits per heavy atom. The molecule has 4 rings (SSSR count). The highest BCUT2D eigenvalue weighted by molar-refractivity contribution is 5.89. The van der Waals surface area contributed by atoms with Gasteiger partial charge in [0.1, 0.15) is 11.6 Å². The summed E-state index contributed by atoms with van der Waals surface area (Å²) in [5.41, 5.74) is 3.25. The predicted octanol–water partition coefficient (Wildman–Crippen LogP) is 4.27. The standard InChI is InChI=1S/C30H33FN2O5/c1-36-27-5-3-4-25(19-27)28(38-21-23-6-10-24(11-7-23)30(35)37-2)20-32-14-16-33(17-15-32)29(34)18-22-8-12-26(31)13-9-22/h3-13,19,28H,14-18,20-21H2,1-2H3/t28-/m0/s1. The molecule has 0 aromatic heterocycles.